The summed E-state index contributed by atoms with van der Waals surface area (Å²) in [6, 6.07) is 5.65. The number of hydrogen-bond acceptors (Lipinski definition) is 6. The molecule has 0 spiro atoms. The van der Waals surface area contributed by atoms with Gasteiger partial charge in [-0.25, -0.2) is 4.79 Å². The highest BCUT2D eigenvalue weighted by Gasteiger charge is 2.36. The van der Waals surface area contributed by atoms with Gasteiger partial charge in [0.1, 0.15) is 24.2 Å². The van der Waals surface area contributed by atoms with Crippen molar-refractivity contribution < 1.29 is 28.7 Å². The van der Waals surface area contributed by atoms with E-state index in [0.29, 0.717) is 24.9 Å². The lowest BCUT2D eigenvalue weighted by atomic mass is 9.97. The fraction of sp³-hybridized carbons (Fsp3) is 0.667. The molecular weight excluding hydrogens is 498 g/mol. The molecule has 2 atom stereocenters. The Morgan fingerprint density at radius 1 is 0.974 bits per heavy atom. The van der Waals surface area contributed by atoms with E-state index >= 15 is 0 Å². The third kappa shape index (κ3) is 12.5. The molecule has 0 fully saturated rings. The van der Waals surface area contributed by atoms with Crippen LogP contribution in [0.25, 0.3) is 0 Å². The Morgan fingerprint density at radius 3 is 2.13 bits per heavy atom. The van der Waals surface area contributed by atoms with Gasteiger partial charge in [-0.2, -0.15) is 0 Å². The number of nitrogens with one attached hydrogen (secondary N) is 2. The molecule has 0 heterocycles. The summed E-state index contributed by atoms with van der Waals surface area (Å²) in [6.07, 6.45) is 4.11. The van der Waals surface area contributed by atoms with Crippen LogP contribution in [0.15, 0.2) is 24.3 Å². The molecule has 0 aliphatic rings. The number of methoxy groups -OCH3 is 1. The molecular formula is C30H49N3O6. The van der Waals surface area contributed by atoms with Crippen molar-refractivity contribution in [1.29, 1.82) is 0 Å². The molecule has 9 heteroatoms. The SMILES string of the molecule is CCCCCCN(C(=O)C(CC(C)C)NC(=O)OC(C)(C)C)C(C(=O)NCC(=O)OC)c1ccc(CC)cc1. The van der Waals surface area contributed by atoms with Crippen LogP contribution in [0.4, 0.5) is 4.79 Å². The standard InChI is InChI=1S/C30H49N3O6/c1-9-11-12-13-18-33(28(36)24(19-21(3)4)32-29(37)39-30(5,6)7)26(27(35)31-20-25(34)38-8)23-16-14-22(10-2)15-17-23/h14-17,21,24,26H,9-13,18-20H2,1-8H3,(H,31,35)(H,32,37). The van der Waals surface area contributed by atoms with E-state index in [9.17, 15) is 19.2 Å². The van der Waals surface area contributed by atoms with Crippen LogP contribution in [0.3, 0.4) is 0 Å². The number of amides is 3. The normalized spacial score (nSPS) is 12.8. The lowest BCUT2D eigenvalue weighted by Gasteiger charge is -2.35. The highest BCUT2D eigenvalue weighted by Crippen LogP contribution is 2.25. The molecule has 1 aromatic rings. The second-order valence-corrected chi connectivity index (χ2v) is 11.2. The topological polar surface area (TPSA) is 114 Å². The minimum Gasteiger partial charge on any atom is -0.468 e. The molecule has 39 heavy (non-hydrogen) atoms. The summed E-state index contributed by atoms with van der Waals surface area (Å²) in [5.41, 5.74) is 0.990. The number of alkyl carbamates (subject to hydrolysis) is 1. The van der Waals surface area contributed by atoms with Crippen molar-refractivity contribution in [3.8, 4) is 0 Å². The zero-order chi connectivity index (χ0) is 29.6. The van der Waals surface area contributed by atoms with E-state index in [4.69, 9.17) is 4.74 Å². The van der Waals surface area contributed by atoms with Gasteiger partial charge in [0.15, 0.2) is 0 Å². The van der Waals surface area contributed by atoms with Gasteiger partial charge in [-0.15, -0.1) is 0 Å². The summed E-state index contributed by atoms with van der Waals surface area (Å²) in [4.78, 5) is 53.8. The lowest BCUT2D eigenvalue weighted by molar-refractivity contribution is -0.145. The fourth-order valence-corrected chi connectivity index (χ4v) is 4.15. The smallest absolute Gasteiger partial charge is 0.408 e. The highest BCUT2D eigenvalue weighted by atomic mass is 16.6. The zero-order valence-corrected chi connectivity index (χ0v) is 25.1. The van der Waals surface area contributed by atoms with Gasteiger partial charge in [-0.05, 0) is 57.1 Å². The van der Waals surface area contributed by atoms with Crippen molar-refractivity contribution in [3.05, 3.63) is 35.4 Å². The number of carbonyl (C=O) groups excluding carboxylic acids is 4. The van der Waals surface area contributed by atoms with Crippen molar-refractivity contribution in [2.75, 3.05) is 20.2 Å². The zero-order valence-electron chi connectivity index (χ0n) is 25.1. The Kier molecular flexibility index (Phi) is 14.6. The third-order valence-corrected chi connectivity index (χ3v) is 6.13. The Labute approximate surface area is 234 Å². The molecule has 1 aromatic carbocycles. The van der Waals surface area contributed by atoms with E-state index in [1.807, 2.05) is 45.0 Å². The average molecular weight is 548 g/mol. The van der Waals surface area contributed by atoms with Gasteiger partial charge in [-0.3, -0.25) is 14.4 Å². The predicted molar refractivity (Wildman–Crippen MR) is 152 cm³/mol. The molecule has 0 bridgehead atoms. The number of rotatable bonds is 15. The number of carbonyl (C=O) groups is 4. The predicted octanol–water partition coefficient (Wildman–Crippen LogP) is 4.93. The van der Waals surface area contributed by atoms with Gasteiger partial charge in [0, 0.05) is 6.54 Å². The minimum atomic E-state index is -0.996. The van der Waals surface area contributed by atoms with Crippen molar-refractivity contribution in [2.24, 2.45) is 5.92 Å². The van der Waals surface area contributed by atoms with Gasteiger partial charge in [0.05, 0.1) is 7.11 Å². The molecule has 3 amide bonds. The van der Waals surface area contributed by atoms with Crippen molar-refractivity contribution >= 4 is 23.9 Å². The van der Waals surface area contributed by atoms with Gasteiger partial charge < -0.3 is 25.0 Å². The molecule has 2 unspecified atom stereocenters. The molecule has 2 N–H and O–H groups in total. The summed E-state index contributed by atoms with van der Waals surface area (Å²) in [7, 11) is 1.25. The van der Waals surface area contributed by atoms with Crippen molar-refractivity contribution in [2.45, 2.75) is 105 Å². The quantitative estimate of drug-likeness (QED) is 0.238. The van der Waals surface area contributed by atoms with E-state index in [1.165, 1.54) is 12.0 Å². The van der Waals surface area contributed by atoms with Crippen LogP contribution in [0.1, 0.15) is 97.7 Å². The molecule has 9 nitrogen and oxygen atoms in total. The fourth-order valence-electron chi connectivity index (χ4n) is 4.15. The summed E-state index contributed by atoms with van der Waals surface area (Å²) in [6.45, 7) is 13.3. The first kappa shape index (κ1) is 33.9. The Balaban J connectivity index is 3.50. The van der Waals surface area contributed by atoms with Crippen molar-refractivity contribution in [3.63, 3.8) is 0 Å². The number of hydrogen-bond donors (Lipinski definition) is 2. The van der Waals surface area contributed by atoms with Crippen LogP contribution < -0.4 is 10.6 Å². The molecule has 0 radical (unpaired) electrons. The number of esters is 1. The van der Waals surface area contributed by atoms with E-state index < -0.39 is 35.7 Å². The summed E-state index contributed by atoms with van der Waals surface area (Å²) < 4.78 is 10.1. The largest absolute Gasteiger partial charge is 0.468 e. The minimum absolute atomic E-state index is 0.0891. The molecule has 1 rings (SSSR count). The van der Waals surface area contributed by atoms with Gasteiger partial charge in [-0.1, -0.05) is 71.2 Å². The van der Waals surface area contributed by atoms with E-state index in [0.717, 1.165) is 31.2 Å². The number of benzene rings is 1. The first-order chi connectivity index (χ1) is 18.3. The maximum absolute atomic E-state index is 14.2. The van der Waals surface area contributed by atoms with E-state index in [1.54, 1.807) is 20.8 Å². The third-order valence-electron chi connectivity index (χ3n) is 6.13. The number of ether oxygens (including phenoxy) is 2. The summed E-state index contributed by atoms with van der Waals surface area (Å²) >= 11 is 0. The van der Waals surface area contributed by atoms with E-state index in [-0.39, 0.29) is 18.4 Å². The molecule has 0 aliphatic carbocycles. The summed E-state index contributed by atoms with van der Waals surface area (Å²) in [5.74, 6) is -1.36. The number of aryl methyl sites for hydroxylation is 1. The Morgan fingerprint density at radius 2 is 1.62 bits per heavy atom. The maximum Gasteiger partial charge on any atom is 0.408 e. The second kappa shape index (κ2) is 16.8. The first-order valence-electron chi connectivity index (χ1n) is 14.1. The van der Waals surface area contributed by atoms with Crippen LogP contribution in [0.5, 0.6) is 0 Å². The molecule has 220 valence electrons. The van der Waals surface area contributed by atoms with Gasteiger partial charge >= 0.3 is 12.1 Å². The first-order valence-corrected chi connectivity index (χ1v) is 14.1. The molecule has 0 saturated heterocycles. The molecule has 0 aromatic heterocycles. The number of nitrogens with zero attached hydrogens (tertiary/aromatic N) is 1. The summed E-state index contributed by atoms with van der Waals surface area (Å²) in [5, 5.41) is 5.38. The van der Waals surface area contributed by atoms with Crippen LogP contribution in [0, 0.1) is 5.92 Å². The monoisotopic (exact) mass is 547 g/mol. The molecule has 0 aliphatic heterocycles. The van der Waals surface area contributed by atoms with Crippen LogP contribution >= 0.6 is 0 Å². The second-order valence-electron chi connectivity index (χ2n) is 11.2. The number of unbranched alkanes of at least 4 members (excludes halogenated alkanes) is 3. The molecule has 0 saturated carbocycles. The Hall–Kier alpha value is -3.10. The van der Waals surface area contributed by atoms with Crippen LogP contribution in [0.2, 0.25) is 0 Å². The van der Waals surface area contributed by atoms with Gasteiger partial charge in [0.25, 0.3) is 0 Å². The van der Waals surface area contributed by atoms with E-state index in [2.05, 4.69) is 22.3 Å². The Bertz CT molecular complexity index is 924. The van der Waals surface area contributed by atoms with Crippen molar-refractivity contribution in [1.82, 2.24) is 15.5 Å². The lowest BCUT2D eigenvalue weighted by Crippen LogP contribution is -2.54. The maximum atomic E-state index is 14.2. The van der Waals surface area contributed by atoms with Crippen LogP contribution in [-0.2, 0) is 30.3 Å². The van der Waals surface area contributed by atoms with Crippen LogP contribution in [-0.4, -0.2) is 60.6 Å². The highest BCUT2D eigenvalue weighted by molar-refractivity contribution is 5.93. The van der Waals surface area contributed by atoms with Gasteiger partial charge in [0.2, 0.25) is 11.8 Å². The average Bonchev–Trinajstić information content (AvgIpc) is 2.86.